The third kappa shape index (κ3) is 5.13. The summed E-state index contributed by atoms with van der Waals surface area (Å²) in [6.45, 7) is 3.94. The van der Waals surface area contributed by atoms with Crippen LogP contribution in [-0.4, -0.2) is 19.1 Å². The number of carbonyl (C=O) groups excluding carboxylic acids is 1. The Labute approximate surface area is 154 Å². The van der Waals surface area contributed by atoms with E-state index in [1.54, 1.807) is 19.2 Å². The topological polar surface area (TPSA) is 47.6 Å². The van der Waals surface area contributed by atoms with E-state index in [9.17, 15) is 4.79 Å². The van der Waals surface area contributed by atoms with E-state index in [2.05, 4.69) is 5.32 Å². The molecule has 0 fully saturated rings. The van der Waals surface area contributed by atoms with Crippen LogP contribution >= 0.6 is 11.6 Å². The van der Waals surface area contributed by atoms with Crippen LogP contribution < -0.4 is 14.8 Å². The molecule has 0 aromatic heterocycles. The SMILES string of the molecule is CC[C@@H](Oc1ccccc1Cl)C(=O)N[C@H](CC)c1ccc(OC)cc1. The van der Waals surface area contributed by atoms with Crippen LogP contribution in [0.2, 0.25) is 5.02 Å². The number of nitrogens with one attached hydrogen (secondary N) is 1. The van der Waals surface area contributed by atoms with Crippen molar-refractivity contribution >= 4 is 17.5 Å². The van der Waals surface area contributed by atoms with E-state index in [0.717, 1.165) is 17.7 Å². The smallest absolute Gasteiger partial charge is 0.261 e. The van der Waals surface area contributed by atoms with Crippen LogP contribution in [0, 0.1) is 0 Å². The first kappa shape index (κ1) is 19.1. The third-order valence-corrected chi connectivity index (χ3v) is 4.32. The van der Waals surface area contributed by atoms with Crippen molar-refractivity contribution in [2.75, 3.05) is 7.11 Å². The van der Waals surface area contributed by atoms with Crippen LogP contribution in [0.5, 0.6) is 11.5 Å². The molecule has 1 N–H and O–H groups in total. The molecular formula is C20H24ClNO3. The van der Waals surface area contributed by atoms with Gasteiger partial charge in [0.25, 0.3) is 5.91 Å². The van der Waals surface area contributed by atoms with Crippen molar-refractivity contribution in [3.8, 4) is 11.5 Å². The van der Waals surface area contributed by atoms with Crippen LogP contribution in [0.15, 0.2) is 48.5 Å². The summed E-state index contributed by atoms with van der Waals surface area (Å²) >= 11 is 6.12. The fourth-order valence-corrected chi connectivity index (χ4v) is 2.72. The van der Waals surface area contributed by atoms with E-state index >= 15 is 0 Å². The Balaban J connectivity index is 2.06. The van der Waals surface area contributed by atoms with Crippen molar-refractivity contribution in [1.82, 2.24) is 5.32 Å². The first-order valence-corrected chi connectivity index (χ1v) is 8.82. The van der Waals surface area contributed by atoms with Gasteiger partial charge in [-0.1, -0.05) is 49.7 Å². The van der Waals surface area contributed by atoms with Crippen molar-refractivity contribution in [3.05, 3.63) is 59.1 Å². The van der Waals surface area contributed by atoms with E-state index < -0.39 is 6.10 Å². The van der Waals surface area contributed by atoms with Gasteiger partial charge in [0.15, 0.2) is 6.10 Å². The number of benzene rings is 2. The highest BCUT2D eigenvalue weighted by Gasteiger charge is 2.22. The molecule has 0 saturated heterocycles. The molecule has 0 saturated carbocycles. The van der Waals surface area contributed by atoms with Crippen molar-refractivity contribution in [1.29, 1.82) is 0 Å². The van der Waals surface area contributed by atoms with Crippen LogP contribution in [0.3, 0.4) is 0 Å². The lowest BCUT2D eigenvalue weighted by Gasteiger charge is -2.23. The van der Waals surface area contributed by atoms with Gasteiger partial charge in [-0.2, -0.15) is 0 Å². The fourth-order valence-electron chi connectivity index (χ4n) is 2.54. The number of rotatable bonds is 8. The summed E-state index contributed by atoms with van der Waals surface area (Å²) in [5.74, 6) is 1.16. The molecule has 25 heavy (non-hydrogen) atoms. The minimum Gasteiger partial charge on any atom is -0.497 e. The minimum atomic E-state index is -0.591. The fraction of sp³-hybridized carbons (Fsp3) is 0.350. The monoisotopic (exact) mass is 361 g/mol. The molecule has 134 valence electrons. The van der Waals surface area contributed by atoms with Gasteiger partial charge in [0.2, 0.25) is 0 Å². The number of hydrogen-bond acceptors (Lipinski definition) is 3. The van der Waals surface area contributed by atoms with Gasteiger partial charge in [-0.3, -0.25) is 4.79 Å². The quantitative estimate of drug-likeness (QED) is 0.736. The van der Waals surface area contributed by atoms with Gasteiger partial charge in [0.1, 0.15) is 11.5 Å². The number of hydrogen-bond donors (Lipinski definition) is 1. The summed E-state index contributed by atoms with van der Waals surface area (Å²) in [6.07, 6.45) is 0.740. The van der Waals surface area contributed by atoms with Crippen LogP contribution in [0.1, 0.15) is 38.3 Å². The van der Waals surface area contributed by atoms with Gasteiger partial charge in [-0.25, -0.2) is 0 Å². The maximum atomic E-state index is 12.7. The molecule has 0 unspecified atom stereocenters. The van der Waals surface area contributed by atoms with E-state index in [1.807, 2.05) is 50.2 Å². The maximum absolute atomic E-state index is 12.7. The largest absolute Gasteiger partial charge is 0.497 e. The summed E-state index contributed by atoms with van der Waals surface area (Å²) in [4.78, 5) is 12.7. The van der Waals surface area contributed by atoms with E-state index in [0.29, 0.717) is 17.2 Å². The summed E-state index contributed by atoms with van der Waals surface area (Å²) in [5, 5.41) is 3.56. The number of ether oxygens (including phenoxy) is 2. The lowest BCUT2D eigenvalue weighted by molar-refractivity contribution is -0.128. The Morgan fingerprint density at radius 1 is 1.08 bits per heavy atom. The molecule has 2 rings (SSSR count). The Hall–Kier alpha value is -2.20. The minimum absolute atomic E-state index is 0.0812. The number of carbonyl (C=O) groups is 1. The predicted molar refractivity (Wildman–Crippen MR) is 100 cm³/mol. The van der Waals surface area contributed by atoms with Gasteiger partial charge in [-0.05, 0) is 42.7 Å². The molecule has 1 amide bonds. The summed E-state index contributed by atoms with van der Waals surface area (Å²) < 4.78 is 11.0. The second kappa shape index (κ2) is 9.33. The molecule has 2 atom stereocenters. The summed E-state index contributed by atoms with van der Waals surface area (Å²) in [5.41, 5.74) is 1.03. The normalized spacial score (nSPS) is 13.0. The van der Waals surface area contributed by atoms with Gasteiger partial charge in [0.05, 0.1) is 18.2 Å². The van der Waals surface area contributed by atoms with Crippen LogP contribution in [0.25, 0.3) is 0 Å². The number of halogens is 1. The molecule has 5 heteroatoms. The highest BCUT2D eigenvalue weighted by molar-refractivity contribution is 6.32. The molecule has 2 aromatic rings. The number of amides is 1. The molecule has 2 aromatic carbocycles. The zero-order chi connectivity index (χ0) is 18.2. The Kier molecular flexibility index (Phi) is 7.14. The average Bonchev–Trinajstić information content (AvgIpc) is 2.65. The zero-order valence-corrected chi connectivity index (χ0v) is 15.5. The Morgan fingerprint density at radius 2 is 1.76 bits per heavy atom. The van der Waals surface area contributed by atoms with Gasteiger partial charge < -0.3 is 14.8 Å². The molecule has 0 bridgehead atoms. The standard InChI is InChI=1S/C20H24ClNO3/c1-4-17(14-10-12-15(24-3)13-11-14)22-20(23)18(5-2)25-19-9-7-6-8-16(19)21/h6-13,17-18H,4-5H2,1-3H3,(H,22,23)/t17-,18-/m1/s1. The van der Waals surface area contributed by atoms with Crippen LogP contribution in [0.4, 0.5) is 0 Å². The van der Waals surface area contributed by atoms with Gasteiger partial charge in [-0.15, -0.1) is 0 Å². The second-order valence-electron chi connectivity index (χ2n) is 5.69. The van der Waals surface area contributed by atoms with Gasteiger partial charge in [0, 0.05) is 0 Å². The maximum Gasteiger partial charge on any atom is 0.261 e. The molecule has 0 aliphatic heterocycles. The van der Waals surface area contributed by atoms with Crippen molar-refractivity contribution in [2.24, 2.45) is 0 Å². The van der Waals surface area contributed by atoms with E-state index in [-0.39, 0.29) is 11.9 Å². The first-order valence-electron chi connectivity index (χ1n) is 8.44. The Bertz CT molecular complexity index is 688. The lowest BCUT2D eigenvalue weighted by atomic mass is 10.0. The van der Waals surface area contributed by atoms with Gasteiger partial charge >= 0.3 is 0 Å². The predicted octanol–water partition coefficient (Wildman–Crippen LogP) is 4.77. The van der Waals surface area contributed by atoms with E-state index in [1.165, 1.54) is 0 Å². The molecule has 0 heterocycles. The molecule has 0 spiro atoms. The van der Waals surface area contributed by atoms with E-state index in [4.69, 9.17) is 21.1 Å². The first-order chi connectivity index (χ1) is 12.1. The van der Waals surface area contributed by atoms with Crippen molar-refractivity contribution in [3.63, 3.8) is 0 Å². The zero-order valence-electron chi connectivity index (χ0n) is 14.8. The number of methoxy groups -OCH3 is 1. The summed E-state index contributed by atoms with van der Waals surface area (Å²) in [6, 6.07) is 14.8. The van der Waals surface area contributed by atoms with Crippen LogP contribution in [-0.2, 0) is 4.79 Å². The molecular weight excluding hydrogens is 338 g/mol. The average molecular weight is 362 g/mol. The van der Waals surface area contributed by atoms with Crippen molar-refractivity contribution in [2.45, 2.75) is 38.8 Å². The Morgan fingerprint density at radius 3 is 2.32 bits per heavy atom. The lowest BCUT2D eigenvalue weighted by Crippen LogP contribution is -2.40. The second-order valence-corrected chi connectivity index (χ2v) is 6.09. The molecule has 0 aliphatic carbocycles. The number of para-hydroxylation sites is 1. The summed E-state index contributed by atoms with van der Waals surface area (Å²) in [7, 11) is 1.63. The molecule has 4 nitrogen and oxygen atoms in total. The third-order valence-electron chi connectivity index (χ3n) is 4.01. The van der Waals surface area contributed by atoms with Crippen molar-refractivity contribution < 1.29 is 14.3 Å². The molecule has 0 aliphatic rings. The molecule has 0 radical (unpaired) electrons. The highest BCUT2D eigenvalue weighted by Crippen LogP contribution is 2.25. The highest BCUT2D eigenvalue weighted by atomic mass is 35.5.